The first-order valence-corrected chi connectivity index (χ1v) is 11.1. The largest absolute Gasteiger partial charge is 0.351 e. The molecule has 0 bridgehead atoms. The molecule has 0 saturated heterocycles. The van der Waals surface area contributed by atoms with Crippen LogP contribution in [0.3, 0.4) is 0 Å². The fourth-order valence-corrected chi connectivity index (χ4v) is 5.58. The van der Waals surface area contributed by atoms with E-state index in [0.29, 0.717) is 17.8 Å². The number of allylic oxidation sites excluding steroid dienone is 3. The van der Waals surface area contributed by atoms with Gasteiger partial charge in [-0.15, -0.1) is 0 Å². The number of halogens is 1. The van der Waals surface area contributed by atoms with Gasteiger partial charge in [0.15, 0.2) is 0 Å². The van der Waals surface area contributed by atoms with Gasteiger partial charge in [0.1, 0.15) is 5.82 Å². The molecule has 1 aromatic carbocycles. The second kappa shape index (κ2) is 7.47. The van der Waals surface area contributed by atoms with Crippen LogP contribution < -0.4 is 5.32 Å². The summed E-state index contributed by atoms with van der Waals surface area (Å²) in [5.41, 5.74) is 3.69. The minimum absolute atomic E-state index is 0.199. The lowest BCUT2D eigenvalue weighted by atomic mass is 9.86. The summed E-state index contributed by atoms with van der Waals surface area (Å²) < 4.78 is 13.9. The molecule has 0 heterocycles. The van der Waals surface area contributed by atoms with Crippen molar-refractivity contribution >= 4 is 23.9 Å². The number of rotatable bonds is 5. The van der Waals surface area contributed by atoms with Gasteiger partial charge in [-0.3, -0.25) is 9.79 Å². The summed E-state index contributed by atoms with van der Waals surface area (Å²) >= 11 is 0. The summed E-state index contributed by atoms with van der Waals surface area (Å²) in [4.78, 5) is 17.1. The monoisotopic (exact) mass is 408 g/mol. The van der Waals surface area contributed by atoms with Crippen LogP contribution in [0, 0.1) is 29.0 Å². The first-order chi connectivity index (χ1) is 14.2. The highest BCUT2D eigenvalue weighted by Crippen LogP contribution is 2.60. The van der Waals surface area contributed by atoms with Crippen LogP contribution in [0.25, 0.3) is 5.57 Å². The maximum absolute atomic E-state index is 13.9. The summed E-state index contributed by atoms with van der Waals surface area (Å²) in [5.74, 6) is 1.44. The zero-order valence-electron chi connectivity index (χ0n) is 18.6. The molecular formula is C26H33FN2O. The summed E-state index contributed by atoms with van der Waals surface area (Å²) in [6, 6.07) is 4.74. The van der Waals surface area contributed by atoms with Gasteiger partial charge >= 0.3 is 0 Å². The lowest BCUT2D eigenvalue weighted by Gasteiger charge is -2.26. The molecule has 3 nitrogen and oxygen atoms in total. The van der Waals surface area contributed by atoms with E-state index >= 15 is 0 Å². The molecule has 3 aliphatic rings. The molecule has 1 amide bonds. The number of carbonyl (C=O) groups excluding carboxylic acids is 1. The van der Waals surface area contributed by atoms with E-state index in [2.05, 4.69) is 29.2 Å². The molecule has 30 heavy (non-hydrogen) atoms. The van der Waals surface area contributed by atoms with Crippen LogP contribution in [0.1, 0.15) is 65.4 Å². The van der Waals surface area contributed by atoms with Crippen LogP contribution in [0.4, 0.5) is 10.1 Å². The van der Waals surface area contributed by atoms with Crippen molar-refractivity contribution in [2.24, 2.45) is 28.2 Å². The molecule has 2 saturated carbocycles. The van der Waals surface area contributed by atoms with Crippen LogP contribution in [0.15, 0.2) is 40.9 Å². The predicted molar refractivity (Wildman–Crippen MR) is 121 cm³/mol. The van der Waals surface area contributed by atoms with Gasteiger partial charge in [-0.1, -0.05) is 17.7 Å². The van der Waals surface area contributed by atoms with Crippen molar-refractivity contribution in [2.45, 2.75) is 65.3 Å². The average molecular weight is 409 g/mol. The van der Waals surface area contributed by atoms with Gasteiger partial charge in [0, 0.05) is 11.1 Å². The summed E-state index contributed by atoms with van der Waals surface area (Å²) in [6.07, 6.45) is 9.62. The number of aliphatic imine (C=N–C) groups is 1. The van der Waals surface area contributed by atoms with Gasteiger partial charge in [0.25, 0.3) is 0 Å². The minimum Gasteiger partial charge on any atom is -0.351 e. The Bertz CT molecular complexity index is 933. The third-order valence-electron chi connectivity index (χ3n) is 7.13. The van der Waals surface area contributed by atoms with Crippen LogP contribution in [0.5, 0.6) is 0 Å². The number of fused-ring (bicyclic) bond motifs is 1. The van der Waals surface area contributed by atoms with E-state index in [1.54, 1.807) is 12.1 Å². The summed E-state index contributed by atoms with van der Waals surface area (Å²) in [6.45, 7) is 11.8. The second-order valence-electron chi connectivity index (χ2n) is 10.3. The summed E-state index contributed by atoms with van der Waals surface area (Å²) in [5, 5.41) is 3.20. The molecular weight excluding hydrogens is 375 g/mol. The molecule has 0 radical (unpaired) electrons. The molecule has 1 N–H and O–H groups in total. The molecule has 3 atom stereocenters. The smallest absolute Gasteiger partial charge is 0.230 e. The SMILES string of the molecule is C=Nc1ccc(F)cc1/C(=C\C)[C@H]1C[C@H]2CC(C3(C(=O)NC(C)(C)C)CC3)=C[C@H]2C1. The van der Waals surface area contributed by atoms with Gasteiger partial charge in [0.2, 0.25) is 5.91 Å². The Labute approximate surface area is 179 Å². The maximum Gasteiger partial charge on any atom is 0.230 e. The second-order valence-corrected chi connectivity index (χ2v) is 10.3. The zero-order chi connectivity index (χ0) is 21.7. The van der Waals surface area contributed by atoms with Gasteiger partial charge in [-0.25, -0.2) is 4.39 Å². The average Bonchev–Trinajstić information content (AvgIpc) is 3.25. The van der Waals surface area contributed by atoms with Crippen molar-refractivity contribution in [3.63, 3.8) is 0 Å². The van der Waals surface area contributed by atoms with Crippen molar-refractivity contribution in [2.75, 3.05) is 0 Å². The number of hydrogen-bond acceptors (Lipinski definition) is 2. The molecule has 0 spiro atoms. The number of carbonyl (C=O) groups is 1. The molecule has 160 valence electrons. The van der Waals surface area contributed by atoms with Crippen LogP contribution in [-0.4, -0.2) is 18.2 Å². The first kappa shape index (κ1) is 21.0. The van der Waals surface area contributed by atoms with Gasteiger partial charge in [-0.05, 0) is 108 Å². The molecule has 4 heteroatoms. The predicted octanol–water partition coefficient (Wildman–Crippen LogP) is 6.23. The fraction of sp³-hybridized carbons (Fsp3) is 0.538. The quantitative estimate of drug-likeness (QED) is 0.455. The molecule has 2 fully saturated rings. The van der Waals surface area contributed by atoms with Crippen LogP contribution in [0.2, 0.25) is 0 Å². The van der Waals surface area contributed by atoms with E-state index in [0.717, 1.165) is 43.4 Å². The third kappa shape index (κ3) is 3.77. The van der Waals surface area contributed by atoms with E-state index in [1.165, 1.54) is 17.2 Å². The standard InChI is InChI=1S/C26H33FN2O/c1-6-21(22-15-20(27)7-8-23(22)28-5)18-11-16-13-19(14-17(16)12-18)26(9-10-26)24(30)29-25(2,3)4/h6-8,13,15-18H,5,9-12,14H2,1-4H3,(H,29,30)/b21-6-/t16-,17+,18-/m1/s1. The normalized spacial score (nSPS) is 27.4. The molecule has 0 aromatic heterocycles. The Balaban J connectivity index is 1.51. The lowest BCUT2D eigenvalue weighted by Crippen LogP contribution is -2.45. The Hall–Kier alpha value is -2.23. The topological polar surface area (TPSA) is 41.5 Å². The van der Waals surface area contributed by atoms with Crippen molar-refractivity contribution < 1.29 is 9.18 Å². The van der Waals surface area contributed by atoms with E-state index < -0.39 is 0 Å². The van der Waals surface area contributed by atoms with Crippen molar-refractivity contribution in [3.05, 3.63) is 47.3 Å². The van der Waals surface area contributed by atoms with Crippen molar-refractivity contribution in [3.8, 4) is 0 Å². The maximum atomic E-state index is 13.9. The Morgan fingerprint density at radius 1 is 1.30 bits per heavy atom. The highest BCUT2D eigenvalue weighted by molar-refractivity contribution is 5.89. The molecule has 0 aliphatic heterocycles. The third-order valence-corrected chi connectivity index (χ3v) is 7.13. The molecule has 0 unspecified atom stereocenters. The van der Waals surface area contributed by atoms with Gasteiger partial charge in [0.05, 0.1) is 11.1 Å². The number of hydrogen-bond donors (Lipinski definition) is 1. The van der Waals surface area contributed by atoms with Crippen LogP contribution >= 0.6 is 0 Å². The lowest BCUT2D eigenvalue weighted by molar-refractivity contribution is -0.126. The Morgan fingerprint density at radius 3 is 2.60 bits per heavy atom. The highest BCUT2D eigenvalue weighted by atomic mass is 19.1. The van der Waals surface area contributed by atoms with Gasteiger partial charge < -0.3 is 5.32 Å². The number of nitrogens with one attached hydrogen (secondary N) is 1. The minimum atomic E-state index is -0.251. The van der Waals surface area contributed by atoms with E-state index in [-0.39, 0.29) is 22.7 Å². The zero-order valence-corrected chi connectivity index (χ0v) is 18.6. The van der Waals surface area contributed by atoms with E-state index in [9.17, 15) is 9.18 Å². The van der Waals surface area contributed by atoms with Crippen LogP contribution in [-0.2, 0) is 4.79 Å². The van der Waals surface area contributed by atoms with Gasteiger partial charge in [-0.2, -0.15) is 0 Å². The Morgan fingerprint density at radius 2 is 2.03 bits per heavy atom. The number of benzene rings is 1. The first-order valence-electron chi connectivity index (χ1n) is 11.1. The Kier molecular flexibility index (Phi) is 5.24. The highest BCUT2D eigenvalue weighted by Gasteiger charge is 2.56. The number of nitrogens with zero attached hydrogens (tertiary/aromatic N) is 1. The molecule has 1 aromatic rings. The molecule has 3 aliphatic carbocycles. The van der Waals surface area contributed by atoms with E-state index in [4.69, 9.17) is 0 Å². The van der Waals surface area contributed by atoms with Crippen molar-refractivity contribution in [1.82, 2.24) is 5.32 Å². The summed E-state index contributed by atoms with van der Waals surface area (Å²) in [7, 11) is 0. The van der Waals surface area contributed by atoms with E-state index in [1.807, 2.05) is 27.7 Å². The van der Waals surface area contributed by atoms with Crippen molar-refractivity contribution in [1.29, 1.82) is 0 Å². The number of amides is 1. The molecule has 4 rings (SSSR count). The fourth-order valence-electron chi connectivity index (χ4n) is 5.58.